The lowest BCUT2D eigenvalue weighted by atomic mass is 10.2. The topological polar surface area (TPSA) is 92.4 Å². The number of fused-ring (bicyclic) bond motifs is 1. The molecule has 0 aliphatic carbocycles. The highest BCUT2D eigenvalue weighted by atomic mass is 32.2. The molecule has 0 bridgehead atoms. The third kappa shape index (κ3) is 2.01. The fourth-order valence-electron chi connectivity index (χ4n) is 2.18. The number of carboxylic acid groups (broad SMARTS) is 1. The Morgan fingerprint density at radius 3 is 3.21 bits per heavy atom. The summed E-state index contributed by atoms with van der Waals surface area (Å²) in [6.07, 6.45) is 1.38. The van der Waals surface area contributed by atoms with Crippen LogP contribution >= 0.6 is 11.8 Å². The van der Waals surface area contributed by atoms with Crippen LogP contribution in [0.15, 0.2) is 10.9 Å². The van der Waals surface area contributed by atoms with E-state index in [9.17, 15) is 9.90 Å². The van der Waals surface area contributed by atoms with Crippen molar-refractivity contribution < 1.29 is 14.4 Å². The Hall–Kier alpha value is -1.83. The van der Waals surface area contributed by atoms with E-state index < -0.39 is 12.0 Å². The molecule has 2 aromatic heterocycles. The Morgan fingerprint density at radius 1 is 1.58 bits per heavy atom. The van der Waals surface area contributed by atoms with Crippen molar-refractivity contribution >= 4 is 34.6 Å². The highest BCUT2D eigenvalue weighted by Crippen LogP contribution is 2.30. The van der Waals surface area contributed by atoms with Gasteiger partial charge in [-0.05, 0) is 6.92 Å². The molecule has 1 atom stereocenters. The van der Waals surface area contributed by atoms with Gasteiger partial charge in [-0.1, -0.05) is 5.16 Å². The number of hydrogen-bond donors (Lipinski definition) is 1. The number of aliphatic carboxylic acids is 1. The first-order valence-electron chi connectivity index (χ1n) is 5.82. The lowest BCUT2D eigenvalue weighted by molar-refractivity contribution is -0.138. The van der Waals surface area contributed by atoms with Crippen LogP contribution in [-0.4, -0.2) is 50.3 Å². The number of aryl methyl sites for hydroxylation is 1. The first-order valence-corrected chi connectivity index (χ1v) is 6.98. The molecule has 7 nitrogen and oxygen atoms in total. The fourth-order valence-corrected chi connectivity index (χ4v) is 3.22. The van der Waals surface area contributed by atoms with E-state index in [1.807, 2.05) is 0 Å². The quantitative estimate of drug-likeness (QED) is 0.868. The molecule has 19 heavy (non-hydrogen) atoms. The van der Waals surface area contributed by atoms with Crippen molar-refractivity contribution in [2.24, 2.45) is 0 Å². The highest BCUT2D eigenvalue weighted by Gasteiger charge is 2.32. The van der Waals surface area contributed by atoms with Crippen LogP contribution in [0.1, 0.15) is 5.69 Å². The van der Waals surface area contributed by atoms with Gasteiger partial charge in [-0.3, -0.25) is 0 Å². The molecule has 1 aliphatic rings. The number of carboxylic acids is 1. The molecule has 3 heterocycles. The van der Waals surface area contributed by atoms with E-state index in [4.69, 9.17) is 4.52 Å². The Morgan fingerprint density at radius 2 is 2.42 bits per heavy atom. The molecule has 8 heteroatoms. The average molecular weight is 280 g/mol. The van der Waals surface area contributed by atoms with Crippen LogP contribution in [0.2, 0.25) is 0 Å². The second-order valence-electron chi connectivity index (χ2n) is 4.27. The molecule has 1 aliphatic heterocycles. The Labute approximate surface area is 113 Å². The van der Waals surface area contributed by atoms with Gasteiger partial charge in [0.1, 0.15) is 23.6 Å². The van der Waals surface area contributed by atoms with Crippen LogP contribution in [0.3, 0.4) is 0 Å². The molecule has 1 fully saturated rings. The van der Waals surface area contributed by atoms with E-state index >= 15 is 0 Å². The SMILES string of the molecule is Cc1noc2ncnc(N3CCSCC3C(=O)O)c12. The van der Waals surface area contributed by atoms with Gasteiger partial charge in [0.15, 0.2) is 0 Å². The van der Waals surface area contributed by atoms with Crippen molar-refractivity contribution in [3.8, 4) is 0 Å². The number of anilines is 1. The third-order valence-electron chi connectivity index (χ3n) is 3.11. The van der Waals surface area contributed by atoms with E-state index in [0.29, 0.717) is 34.9 Å². The summed E-state index contributed by atoms with van der Waals surface area (Å²) < 4.78 is 5.10. The second kappa shape index (κ2) is 4.69. The molecule has 0 aromatic carbocycles. The standard InChI is InChI=1S/C11H12N4O3S/c1-6-8-9(12-5-13-10(8)18-14-6)15-2-3-19-4-7(15)11(16)17/h5,7H,2-4H2,1H3,(H,16,17). The van der Waals surface area contributed by atoms with E-state index in [0.717, 1.165) is 5.75 Å². The molecule has 2 aromatic rings. The number of hydrogen-bond acceptors (Lipinski definition) is 7. The summed E-state index contributed by atoms with van der Waals surface area (Å²) in [5.74, 6) is 1.18. The minimum Gasteiger partial charge on any atom is -0.480 e. The van der Waals surface area contributed by atoms with Crippen LogP contribution in [0.5, 0.6) is 0 Å². The maximum atomic E-state index is 11.4. The molecule has 0 amide bonds. The second-order valence-corrected chi connectivity index (χ2v) is 5.42. The molecule has 1 saturated heterocycles. The maximum Gasteiger partial charge on any atom is 0.327 e. The Bertz CT molecular complexity index is 629. The van der Waals surface area contributed by atoms with Crippen molar-refractivity contribution in [1.29, 1.82) is 0 Å². The molecular weight excluding hydrogens is 268 g/mol. The first-order chi connectivity index (χ1) is 9.18. The van der Waals surface area contributed by atoms with Crippen LogP contribution in [0.4, 0.5) is 5.82 Å². The summed E-state index contributed by atoms with van der Waals surface area (Å²) in [7, 11) is 0. The van der Waals surface area contributed by atoms with Gasteiger partial charge in [0, 0.05) is 18.1 Å². The lowest BCUT2D eigenvalue weighted by Crippen LogP contribution is -2.48. The summed E-state index contributed by atoms with van der Waals surface area (Å²) in [5.41, 5.74) is 1.07. The van der Waals surface area contributed by atoms with Gasteiger partial charge in [0.2, 0.25) is 0 Å². The predicted octanol–water partition coefficient (Wildman–Crippen LogP) is 0.933. The minimum atomic E-state index is -0.840. The first kappa shape index (κ1) is 12.2. The lowest BCUT2D eigenvalue weighted by Gasteiger charge is -2.33. The van der Waals surface area contributed by atoms with Crippen molar-refractivity contribution in [2.75, 3.05) is 23.0 Å². The molecule has 1 N–H and O–H groups in total. The molecule has 3 rings (SSSR count). The zero-order valence-electron chi connectivity index (χ0n) is 10.2. The highest BCUT2D eigenvalue weighted by molar-refractivity contribution is 7.99. The van der Waals surface area contributed by atoms with Crippen LogP contribution in [0, 0.1) is 6.92 Å². The smallest absolute Gasteiger partial charge is 0.327 e. The van der Waals surface area contributed by atoms with E-state index in [2.05, 4.69) is 15.1 Å². The predicted molar refractivity (Wildman–Crippen MR) is 70.4 cm³/mol. The van der Waals surface area contributed by atoms with Crippen molar-refractivity contribution in [3.63, 3.8) is 0 Å². The molecule has 100 valence electrons. The van der Waals surface area contributed by atoms with Gasteiger partial charge in [-0.15, -0.1) is 0 Å². The van der Waals surface area contributed by atoms with E-state index in [-0.39, 0.29) is 0 Å². The third-order valence-corrected chi connectivity index (χ3v) is 4.13. The summed E-state index contributed by atoms with van der Waals surface area (Å²) in [6, 6.07) is -0.578. The Balaban J connectivity index is 2.11. The van der Waals surface area contributed by atoms with Gasteiger partial charge in [0.25, 0.3) is 5.71 Å². The summed E-state index contributed by atoms with van der Waals surface area (Å²) >= 11 is 1.64. The van der Waals surface area contributed by atoms with Gasteiger partial charge < -0.3 is 14.5 Å². The number of rotatable bonds is 2. The van der Waals surface area contributed by atoms with Crippen LogP contribution in [0.25, 0.3) is 11.1 Å². The fraction of sp³-hybridized carbons (Fsp3) is 0.455. The van der Waals surface area contributed by atoms with Crippen LogP contribution < -0.4 is 4.90 Å². The van der Waals surface area contributed by atoms with Crippen molar-refractivity contribution in [3.05, 3.63) is 12.0 Å². The minimum absolute atomic E-state index is 0.393. The molecule has 1 unspecified atom stereocenters. The average Bonchev–Trinajstić information content (AvgIpc) is 2.81. The van der Waals surface area contributed by atoms with Gasteiger partial charge >= 0.3 is 5.97 Å². The van der Waals surface area contributed by atoms with E-state index in [1.54, 1.807) is 23.6 Å². The van der Waals surface area contributed by atoms with Gasteiger partial charge in [0.05, 0.1) is 5.69 Å². The largest absolute Gasteiger partial charge is 0.480 e. The molecular formula is C11H12N4O3S. The van der Waals surface area contributed by atoms with E-state index in [1.165, 1.54) is 6.33 Å². The molecule has 0 saturated carbocycles. The summed E-state index contributed by atoms with van der Waals surface area (Å²) in [4.78, 5) is 21.4. The van der Waals surface area contributed by atoms with Crippen molar-refractivity contribution in [1.82, 2.24) is 15.1 Å². The summed E-state index contributed by atoms with van der Waals surface area (Å²) in [6.45, 7) is 2.44. The number of aromatic nitrogens is 3. The summed E-state index contributed by atoms with van der Waals surface area (Å²) in [5, 5.41) is 13.9. The number of thioether (sulfide) groups is 1. The van der Waals surface area contributed by atoms with Crippen molar-refractivity contribution in [2.45, 2.75) is 13.0 Å². The molecule has 0 radical (unpaired) electrons. The molecule has 0 spiro atoms. The zero-order chi connectivity index (χ0) is 13.4. The maximum absolute atomic E-state index is 11.4. The zero-order valence-corrected chi connectivity index (χ0v) is 11.1. The van der Waals surface area contributed by atoms with Gasteiger partial charge in [-0.2, -0.15) is 16.7 Å². The number of nitrogens with zero attached hydrogens (tertiary/aromatic N) is 4. The van der Waals surface area contributed by atoms with Gasteiger partial charge in [-0.25, -0.2) is 9.78 Å². The normalized spacial score (nSPS) is 19.8. The number of carbonyl (C=O) groups is 1. The van der Waals surface area contributed by atoms with Crippen LogP contribution in [-0.2, 0) is 4.79 Å². The Kier molecular flexibility index (Phi) is 3.02. The monoisotopic (exact) mass is 280 g/mol.